The van der Waals surface area contributed by atoms with Crippen molar-refractivity contribution in [1.82, 2.24) is 4.90 Å². The van der Waals surface area contributed by atoms with Crippen molar-refractivity contribution in [1.29, 1.82) is 0 Å². The average molecular weight is 271 g/mol. The molecule has 1 aromatic carbocycles. The average Bonchev–Trinajstić information content (AvgIpc) is 2.35. The Morgan fingerprint density at radius 3 is 2.21 bits per heavy atom. The maximum absolute atomic E-state index is 14.1. The first-order chi connectivity index (χ1) is 8.77. The standard InChI is InChI=1S/C15H23F2NO/c1-6-18(7-2)15(4,5)14(19)12-11(16)9-8-10(3)13(12)17/h8-9,14,19H,6-7H2,1-5H3. The number of hydrogen-bond acceptors (Lipinski definition) is 2. The van der Waals surface area contributed by atoms with E-state index in [1.165, 1.54) is 12.1 Å². The second-order valence-corrected chi connectivity index (χ2v) is 5.32. The lowest BCUT2D eigenvalue weighted by Crippen LogP contribution is -2.48. The molecule has 0 fully saturated rings. The molecular weight excluding hydrogens is 248 g/mol. The summed E-state index contributed by atoms with van der Waals surface area (Å²) in [6.45, 7) is 10.5. The van der Waals surface area contributed by atoms with Crippen LogP contribution in [0.2, 0.25) is 0 Å². The molecule has 1 unspecified atom stereocenters. The minimum atomic E-state index is -1.22. The molecule has 1 rings (SSSR count). The van der Waals surface area contributed by atoms with Gasteiger partial charge in [0.15, 0.2) is 0 Å². The van der Waals surface area contributed by atoms with E-state index in [2.05, 4.69) is 0 Å². The molecule has 0 radical (unpaired) electrons. The molecule has 0 bridgehead atoms. The molecule has 108 valence electrons. The van der Waals surface area contributed by atoms with Crippen LogP contribution < -0.4 is 0 Å². The smallest absolute Gasteiger partial charge is 0.134 e. The first kappa shape index (κ1) is 16.1. The van der Waals surface area contributed by atoms with Crippen molar-refractivity contribution in [2.75, 3.05) is 13.1 Å². The predicted octanol–water partition coefficient (Wildman–Crippen LogP) is 3.43. The highest BCUT2D eigenvalue weighted by atomic mass is 19.1. The van der Waals surface area contributed by atoms with Crippen LogP contribution in [-0.2, 0) is 0 Å². The quantitative estimate of drug-likeness (QED) is 0.887. The Bertz CT molecular complexity index is 442. The molecule has 0 aromatic heterocycles. The van der Waals surface area contributed by atoms with Crippen LogP contribution in [0.3, 0.4) is 0 Å². The van der Waals surface area contributed by atoms with Crippen LogP contribution in [0.25, 0.3) is 0 Å². The Balaban J connectivity index is 3.26. The summed E-state index contributed by atoms with van der Waals surface area (Å²) in [7, 11) is 0. The summed E-state index contributed by atoms with van der Waals surface area (Å²) in [4.78, 5) is 1.98. The minimum Gasteiger partial charge on any atom is -0.386 e. The number of halogens is 2. The first-order valence-electron chi connectivity index (χ1n) is 6.64. The van der Waals surface area contributed by atoms with Gasteiger partial charge in [-0.2, -0.15) is 0 Å². The maximum Gasteiger partial charge on any atom is 0.134 e. The fourth-order valence-electron chi connectivity index (χ4n) is 2.49. The molecule has 0 spiro atoms. The number of aliphatic hydroxyl groups is 1. The summed E-state index contributed by atoms with van der Waals surface area (Å²) in [6.07, 6.45) is -1.22. The highest BCUT2D eigenvalue weighted by molar-refractivity contribution is 5.30. The third-order valence-electron chi connectivity index (χ3n) is 3.84. The monoisotopic (exact) mass is 271 g/mol. The van der Waals surface area contributed by atoms with Crippen LogP contribution in [0.15, 0.2) is 12.1 Å². The van der Waals surface area contributed by atoms with E-state index in [-0.39, 0.29) is 5.56 Å². The van der Waals surface area contributed by atoms with E-state index >= 15 is 0 Å². The van der Waals surface area contributed by atoms with Crippen LogP contribution in [0, 0.1) is 18.6 Å². The van der Waals surface area contributed by atoms with Gasteiger partial charge in [-0.25, -0.2) is 8.78 Å². The number of rotatable bonds is 5. The molecule has 0 aliphatic heterocycles. The van der Waals surface area contributed by atoms with Gasteiger partial charge in [0.25, 0.3) is 0 Å². The topological polar surface area (TPSA) is 23.5 Å². The van der Waals surface area contributed by atoms with E-state index < -0.39 is 23.3 Å². The Hall–Kier alpha value is -1.00. The van der Waals surface area contributed by atoms with Gasteiger partial charge in [-0.05, 0) is 45.5 Å². The van der Waals surface area contributed by atoms with Gasteiger partial charge in [-0.3, -0.25) is 4.90 Å². The van der Waals surface area contributed by atoms with Crippen LogP contribution in [0.4, 0.5) is 8.78 Å². The summed E-state index contributed by atoms with van der Waals surface area (Å²) in [5, 5.41) is 10.4. The lowest BCUT2D eigenvalue weighted by atomic mass is 9.88. The van der Waals surface area contributed by atoms with Gasteiger partial charge in [0.1, 0.15) is 17.7 Å². The highest BCUT2D eigenvalue weighted by Gasteiger charge is 2.37. The van der Waals surface area contributed by atoms with Crippen molar-refractivity contribution in [2.24, 2.45) is 0 Å². The van der Waals surface area contributed by atoms with Gasteiger partial charge in [-0.15, -0.1) is 0 Å². The highest BCUT2D eigenvalue weighted by Crippen LogP contribution is 2.34. The molecule has 0 heterocycles. The van der Waals surface area contributed by atoms with Crippen LogP contribution in [0.1, 0.15) is 44.9 Å². The van der Waals surface area contributed by atoms with Crippen molar-refractivity contribution in [3.8, 4) is 0 Å². The van der Waals surface area contributed by atoms with E-state index in [0.717, 1.165) is 0 Å². The van der Waals surface area contributed by atoms with Crippen LogP contribution in [0.5, 0.6) is 0 Å². The number of nitrogens with zero attached hydrogens (tertiary/aromatic N) is 1. The molecule has 1 N–H and O–H groups in total. The molecule has 1 atom stereocenters. The molecule has 0 amide bonds. The largest absolute Gasteiger partial charge is 0.386 e. The van der Waals surface area contributed by atoms with E-state index in [0.29, 0.717) is 18.7 Å². The van der Waals surface area contributed by atoms with Gasteiger partial charge in [0, 0.05) is 5.54 Å². The maximum atomic E-state index is 14.1. The van der Waals surface area contributed by atoms with Crippen molar-refractivity contribution in [3.05, 3.63) is 34.9 Å². The summed E-state index contributed by atoms with van der Waals surface area (Å²) in [6, 6.07) is 2.58. The van der Waals surface area contributed by atoms with Crippen LogP contribution in [-0.4, -0.2) is 28.6 Å². The molecule has 0 aliphatic rings. The molecule has 0 saturated carbocycles. The van der Waals surface area contributed by atoms with Gasteiger partial charge >= 0.3 is 0 Å². The lowest BCUT2D eigenvalue weighted by molar-refractivity contribution is -0.0102. The number of likely N-dealkylation sites (N-methyl/N-ethyl adjacent to an activating group) is 1. The third-order valence-corrected chi connectivity index (χ3v) is 3.84. The zero-order valence-corrected chi connectivity index (χ0v) is 12.3. The molecule has 0 saturated heterocycles. The number of aliphatic hydroxyl groups excluding tert-OH is 1. The Labute approximate surface area is 114 Å². The predicted molar refractivity (Wildman–Crippen MR) is 73.1 cm³/mol. The summed E-state index contributed by atoms with van der Waals surface area (Å²) in [5.41, 5.74) is -0.637. The van der Waals surface area contributed by atoms with E-state index in [4.69, 9.17) is 0 Å². The second kappa shape index (κ2) is 5.97. The third kappa shape index (κ3) is 2.95. The molecule has 1 aromatic rings. The van der Waals surface area contributed by atoms with E-state index in [1.807, 2.05) is 18.7 Å². The Morgan fingerprint density at radius 1 is 1.21 bits per heavy atom. The zero-order chi connectivity index (χ0) is 14.8. The number of hydrogen-bond donors (Lipinski definition) is 1. The number of benzene rings is 1. The van der Waals surface area contributed by atoms with Gasteiger partial charge in [-0.1, -0.05) is 19.9 Å². The summed E-state index contributed by atoms with van der Waals surface area (Å²) in [5.74, 6) is -1.36. The zero-order valence-electron chi connectivity index (χ0n) is 12.3. The van der Waals surface area contributed by atoms with Gasteiger partial charge < -0.3 is 5.11 Å². The van der Waals surface area contributed by atoms with Crippen molar-refractivity contribution in [2.45, 2.75) is 46.3 Å². The Morgan fingerprint density at radius 2 is 1.74 bits per heavy atom. The molecule has 2 nitrogen and oxygen atoms in total. The van der Waals surface area contributed by atoms with Crippen LogP contribution >= 0.6 is 0 Å². The van der Waals surface area contributed by atoms with Crippen molar-refractivity contribution in [3.63, 3.8) is 0 Å². The Kier molecular flexibility index (Phi) is 5.04. The fourth-order valence-corrected chi connectivity index (χ4v) is 2.49. The molecule has 0 aliphatic carbocycles. The molecular formula is C15H23F2NO. The lowest BCUT2D eigenvalue weighted by Gasteiger charge is -2.41. The molecule has 4 heteroatoms. The number of aryl methyl sites for hydroxylation is 1. The minimum absolute atomic E-state index is 0.239. The van der Waals surface area contributed by atoms with Gasteiger partial charge in [0.05, 0.1) is 5.56 Å². The van der Waals surface area contributed by atoms with Crippen molar-refractivity contribution < 1.29 is 13.9 Å². The van der Waals surface area contributed by atoms with E-state index in [9.17, 15) is 13.9 Å². The SMILES string of the molecule is CCN(CC)C(C)(C)C(O)c1c(F)ccc(C)c1F. The summed E-state index contributed by atoms with van der Waals surface area (Å²) < 4.78 is 28.0. The first-order valence-corrected chi connectivity index (χ1v) is 6.64. The normalized spacial score (nSPS) is 13.9. The summed E-state index contributed by atoms with van der Waals surface area (Å²) >= 11 is 0. The fraction of sp³-hybridized carbons (Fsp3) is 0.600. The van der Waals surface area contributed by atoms with Gasteiger partial charge in [0.2, 0.25) is 0 Å². The second-order valence-electron chi connectivity index (χ2n) is 5.32. The van der Waals surface area contributed by atoms with Crippen molar-refractivity contribution >= 4 is 0 Å². The van der Waals surface area contributed by atoms with E-state index in [1.54, 1.807) is 20.8 Å². The molecule has 19 heavy (non-hydrogen) atoms.